The number of aromatic nitrogens is 3. The summed E-state index contributed by atoms with van der Waals surface area (Å²) >= 11 is 0. The summed E-state index contributed by atoms with van der Waals surface area (Å²) in [4.78, 5) is 15.7. The quantitative estimate of drug-likeness (QED) is 0.852. The molecule has 1 fully saturated rings. The zero-order valence-corrected chi connectivity index (χ0v) is 10.2. The average molecular weight is 251 g/mol. The minimum atomic E-state index is -0.806. The summed E-state index contributed by atoms with van der Waals surface area (Å²) < 4.78 is 6.95. The van der Waals surface area contributed by atoms with Crippen molar-refractivity contribution in [2.24, 2.45) is 0 Å². The molecular weight excluding hydrogens is 234 g/mol. The van der Waals surface area contributed by atoms with E-state index in [4.69, 9.17) is 4.74 Å². The number of aryl methyl sites for hydroxylation is 1. The van der Waals surface area contributed by atoms with Crippen LogP contribution in [0.1, 0.15) is 49.3 Å². The van der Waals surface area contributed by atoms with Crippen LogP contribution in [0.15, 0.2) is 0 Å². The number of fused-ring (bicyclic) bond motifs is 1. The van der Waals surface area contributed by atoms with Gasteiger partial charge < -0.3 is 9.84 Å². The molecule has 1 N–H and O–H groups in total. The molecule has 0 aromatic carbocycles. The van der Waals surface area contributed by atoms with E-state index in [0.717, 1.165) is 50.5 Å². The van der Waals surface area contributed by atoms with E-state index < -0.39 is 12.0 Å². The Balaban J connectivity index is 1.88. The largest absolute Gasteiger partial charge is 0.480 e. The summed E-state index contributed by atoms with van der Waals surface area (Å²) in [5.74, 6) is 1.15. The molecule has 1 saturated heterocycles. The zero-order valence-electron chi connectivity index (χ0n) is 10.2. The van der Waals surface area contributed by atoms with Gasteiger partial charge in [-0.3, -0.25) is 0 Å². The second-order valence-corrected chi connectivity index (χ2v) is 4.96. The van der Waals surface area contributed by atoms with Crippen LogP contribution in [0.3, 0.4) is 0 Å². The van der Waals surface area contributed by atoms with Crippen LogP contribution < -0.4 is 0 Å². The summed E-state index contributed by atoms with van der Waals surface area (Å²) in [5, 5.41) is 13.6. The molecule has 6 heteroatoms. The minimum absolute atomic E-state index is 0.325. The van der Waals surface area contributed by atoms with Crippen molar-refractivity contribution in [1.82, 2.24) is 14.8 Å². The third-order valence-electron chi connectivity index (χ3n) is 3.76. The predicted octanol–water partition coefficient (Wildman–Crippen LogP) is 1.13. The molecule has 0 aliphatic carbocycles. The SMILES string of the molecule is O=C(O)C1CCCc2nc(C3CCOCC3)nn21. The average Bonchev–Trinajstić information content (AvgIpc) is 2.83. The van der Waals surface area contributed by atoms with Gasteiger partial charge >= 0.3 is 5.97 Å². The number of hydrogen-bond acceptors (Lipinski definition) is 4. The summed E-state index contributed by atoms with van der Waals surface area (Å²) in [6.07, 6.45) is 4.23. The van der Waals surface area contributed by atoms with E-state index in [9.17, 15) is 9.90 Å². The standard InChI is InChI=1S/C12H17N3O3/c16-12(17)9-2-1-3-10-13-11(14-15(9)10)8-4-6-18-7-5-8/h8-9H,1-7H2,(H,16,17). The molecular formula is C12H17N3O3. The number of carboxylic acid groups (broad SMARTS) is 1. The van der Waals surface area contributed by atoms with Crippen molar-refractivity contribution >= 4 is 5.97 Å². The lowest BCUT2D eigenvalue weighted by atomic mass is 10.00. The van der Waals surface area contributed by atoms with E-state index in [1.165, 1.54) is 0 Å². The van der Waals surface area contributed by atoms with Crippen LogP contribution in [-0.4, -0.2) is 39.1 Å². The van der Waals surface area contributed by atoms with E-state index in [1.807, 2.05) is 0 Å². The highest BCUT2D eigenvalue weighted by Crippen LogP contribution is 2.28. The molecule has 1 unspecified atom stereocenters. The lowest BCUT2D eigenvalue weighted by Crippen LogP contribution is -2.26. The number of carbonyl (C=O) groups is 1. The van der Waals surface area contributed by atoms with Crippen LogP contribution in [-0.2, 0) is 16.0 Å². The lowest BCUT2D eigenvalue weighted by molar-refractivity contribution is -0.141. The van der Waals surface area contributed by atoms with Crippen LogP contribution in [0, 0.1) is 0 Å². The lowest BCUT2D eigenvalue weighted by Gasteiger charge is -2.20. The molecule has 1 atom stereocenters. The van der Waals surface area contributed by atoms with Gasteiger partial charge in [0, 0.05) is 25.6 Å². The van der Waals surface area contributed by atoms with E-state index in [-0.39, 0.29) is 0 Å². The van der Waals surface area contributed by atoms with Crippen molar-refractivity contribution in [3.63, 3.8) is 0 Å². The molecule has 0 saturated carbocycles. The van der Waals surface area contributed by atoms with Gasteiger partial charge in [-0.1, -0.05) is 0 Å². The van der Waals surface area contributed by atoms with Crippen LogP contribution in [0.2, 0.25) is 0 Å². The number of ether oxygens (including phenoxy) is 1. The number of carboxylic acids is 1. The van der Waals surface area contributed by atoms with E-state index in [1.54, 1.807) is 4.68 Å². The van der Waals surface area contributed by atoms with Crippen LogP contribution in [0.4, 0.5) is 0 Å². The summed E-state index contributed by atoms with van der Waals surface area (Å²) in [6.45, 7) is 1.49. The second-order valence-electron chi connectivity index (χ2n) is 4.96. The Morgan fingerprint density at radius 2 is 2.11 bits per heavy atom. The molecule has 98 valence electrons. The fourth-order valence-electron chi connectivity index (χ4n) is 2.73. The highest BCUT2D eigenvalue weighted by Gasteiger charge is 2.30. The Bertz CT molecular complexity index is 451. The van der Waals surface area contributed by atoms with Crippen LogP contribution in [0.25, 0.3) is 0 Å². The monoisotopic (exact) mass is 251 g/mol. The van der Waals surface area contributed by atoms with Gasteiger partial charge in [0.05, 0.1) is 0 Å². The fourth-order valence-corrected chi connectivity index (χ4v) is 2.73. The fraction of sp³-hybridized carbons (Fsp3) is 0.750. The Morgan fingerprint density at radius 3 is 2.83 bits per heavy atom. The van der Waals surface area contributed by atoms with Gasteiger partial charge in [0.2, 0.25) is 0 Å². The number of aliphatic carboxylic acids is 1. The van der Waals surface area contributed by atoms with E-state index in [2.05, 4.69) is 10.1 Å². The topological polar surface area (TPSA) is 77.2 Å². The zero-order chi connectivity index (χ0) is 12.5. The van der Waals surface area contributed by atoms with Gasteiger partial charge in [0.15, 0.2) is 11.9 Å². The Labute approximate surface area is 105 Å². The summed E-state index contributed by atoms with van der Waals surface area (Å²) in [6, 6.07) is -0.533. The third-order valence-corrected chi connectivity index (χ3v) is 3.76. The number of rotatable bonds is 2. The van der Waals surface area contributed by atoms with Gasteiger partial charge in [-0.05, 0) is 25.7 Å². The van der Waals surface area contributed by atoms with Gasteiger partial charge in [0.25, 0.3) is 0 Å². The molecule has 18 heavy (non-hydrogen) atoms. The first-order valence-corrected chi connectivity index (χ1v) is 6.51. The van der Waals surface area contributed by atoms with Crippen molar-refractivity contribution in [3.8, 4) is 0 Å². The molecule has 2 aliphatic heterocycles. The van der Waals surface area contributed by atoms with Crippen LogP contribution in [0.5, 0.6) is 0 Å². The van der Waals surface area contributed by atoms with Gasteiger partial charge in [-0.2, -0.15) is 5.10 Å². The minimum Gasteiger partial charge on any atom is -0.480 e. The first-order valence-electron chi connectivity index (χ1n) is 6.51. The Morgan fingerprint density at radius 1 is 1.33 bits per heavy atom. The van der Waals surface area contributed by atoms with Gasteiger partial charge in [0.1, 0.15) is 5.82 Å². The van der Waals surface area contributed by atoms with E-state index in [0.29, 0.717) is 12.3 Å². The first kappa shape index (κ1) is 11.6. The Hall–Kier alpha value is -1.43. The first-order chi connectivity index (χ1) is 8.75. The molecule has 0 radical (unpaired) electrons. The maximum Gasteiger partial charge on any atom is 0.328 e. The predicted molar refractivity (Wildman–Crippen MR) is 62.4 cm³/mol. The number of hydrogen-bond donors (Lipinski definition) is 1. The molecule has 6 nitrogen and oxygen atoms in total. The van der Waals surface area contributed by atoms with Crippen LogP contribution >= 0.6 is 0 Å². The maximum atomic E-state index is 11.2. The summed E-state index contributed by atoms with van der Waals surface area (Å²) in [5.41, 5.74) is 0. The molecule has 1 aromatic rings. The molecule has 1 aromatic heterocycles. The Kier molecular flexibility index (Phi) is 3.03. The van der Waals surface area contributed by atoms with Gasteiger partial charge in [-0.25, -0.2) is 14.5 Å². The molecule has 0 bridgehead atoms. The number of nitrogens with zero attached hydrogens (tertiary/aromatic N) is 3. The van der Waals surface area contributed by atoms with Crippen molar-refractivity contribution in [1.29, 1.82) is 0 Å². The molecule has 2 aliphatic rings. The van der Waals surface area contributed by atoms with Crippen molar-refractivity contribution < 1.29 is 14.6 Å². The molecule has 3 heterocycles. The second kappa shape index (κ2) is 4.68. The van der Waals surface area contributed by atoms with Crippen molar-refractivity contribution in [2.75, 3.05) is 13.2 Å². The van der Waals surface area contributed by atoms with Crippen molar-refractivity contribution in [3.05, 3.63) is 11.6 Å². The highest BCUT2D eigenvalue weighted by molar-refractivity contribution is 5.71. The molecule has 0 amide bonds. The normalized spacial score (nSPS) is 24.8. The van der Waals surface area contributed by atoms with Gasteiger partial charge in [-0.15, -0.1) is 0 Å². The molecule has 3 rings (SSSR count). The third kappa shape index (κ3) is 2.01. The van der Waals surface area contributed by atoms with Crippen molar-refractivity contribution in [2.45, 2.75) is 44.1 Å². The smallest absolute Gasteiger partial charge is 0.328 e. The highest BCUT2D eigenvalue weighted by atomic mass is 16.5. The van der Waals surface area contributed by atoms with E-state index >= 15 is 0 Å². The molecule has 0 spiro atoms. The maximum absolute atomic E-state index is 11.2. The summed E-state index contributed by atoms with van der Waals surface area (Å²) in [7, 11) is 0.